The zero-order valence-electron chi connectivity index (χ0n) is 12.5. The van der Waals surface area contributed by atoms with E-state index in [0.717, 1.165) is 10.6 Å². The van der Waals surface area contributed by atoms with Crippen LogP contribution in [0.3, 0.4) is 0 Å². The summed E-state index contributed by atoms with van der Waals surface area (Å²) in [5.74, 6) is 0.139. The molecular weight excluding hydrogens is 320 g/mol. The predicted octanol–water partition coefficient (Wildman–Crippen LogP) is 1.26. The van der Waals surface area contributed by atoms with Crippen molar-refractivity contribution in [1.29, 1.82) is 5.26 Å². The van der Waals surface area contributed by atoms with Gasteiger partial charge in [-0.15, -0.1) is 0 Å². The lowest BCUT2D eigenvalue weighted by atomic mass is 10.2. The summed E-state index contributed by atoms with van der Waals surface area (Å²) in [6.07, 6.45) is 0.986. The summed E-state index contributed by atoms with van der Waals surface area (Å²) in [6, 6.07) is 9.44. The lowest BCUT2D eigenvalue weighted by molar-refractivity contribution is -0.114. The van der Waals surface area contributed by atoms with E-state index in [1.165, 1.54) is 18.2 Å². The van der Waals surface area contributed by atoms with Crippen LogP contribution < -0.4 is 9.62 Å². The number of sulfonamides is 1. The van der Waals surface area contributed by atoms with Crippen LogP contribution in [0.4, 0.5) is 11.5 Å². The topological polar surface area (TPSA) is 116 Å². The number of nitriles is 1. The lowest BCUT2D eigenvalue weighted by Crippen LogP contribution is -2.37. The molecule has 9 heteroatoms. The summed E-state index contributed by atoms with van der Waals surface area (Å²) in [5, 5.41) is 15.0. The Morgan fingerprint density at radius 3 is 2.74 bits per heavy atom. The molecule has 8 nitrogen and oxygen atoms in total. The third-order valence-electron chi connectivity index (χ3n) is 2.85. The van der Waals surface area contributed by atoms with Gasteiger partial charge in [0.2, 0.25) is 15.9 Å². The molecule has 1 aromatic carbocycles. The number of carbonyl (C=O) groups is 1. The molecule has 0 saturated carbocycles. The second-order valence-corrected chi connectivity index (χ2v) is 6.71. The van der Waals surface area contributed by atoms with Crippen molar-refractivity contribution in [3.63, 3.8) is 0 Å². The molecule has 0 aliphatic rings. The molecule has 2 rings (SSSR count). The van der Waals surface area contributed by atoms with Gasteiger partial charge in [-0.05, 0) is 25.1 Å². The lowest BCUT2D eigenvalue weighted by Gasteiger charge is -2.21. The van der Waals surface area contributed by atoms with E-state index in [4.69, 9.17) is 9.78 Å². The van der Waals surface area contributed by atoms with Crippen LogP contribution in [0.15, 0.2) is 34.9 Å². The van der Waals surface area contributed by atoms with Crippen LogP contribution in [0.5, 0.6) is 0 Å². The van der Waals surface area contributed by atoms with Gasteiger partial charge >= 0.3 is 0 Å². The number of rotatable bonds is 5. The van der Waals surface area contributed by atoms with E-state index >= 15 is 0 Å². The Balaban J connectivity index is 2.22. The number of amides is 1. The first-order valence-electron chi connectivity index (χ1n) is 6.50. The zero-order chi connectivity index (χ0) is 17.0. The van der Waals surface area contributed by atoms with Crippen LogP contribution in [0, 0.1) is 18.3 Å². The van der Waals surface area contributed by atoms with Crippen molar-refractivity contribution in [2.45, 2.75) is 6.92 Å². The maximum absolute atomic E-state index is 12.0. The first-order chi connectivity index (χ1) is 10.8. The number of benzene rings is 1. The Labute approximate surface area is 133 Å². The highest BCUT2D eigenvalue weighted by atomic mass is 32.2. The highest BCUT2D eigenvalue weighted by molar-refractivity contribution is 7.92. The molecule has 1 N–H and O–H groups in total. The monoisotopic (exact) mass is 334 g/mol. The molecule has 0 atom stereocenters. The van der Waals surface area contributed by atoms with Gasteiger partial charge in [-0.1, -0.05) is 11.2 Å². The number of anilines is 2. The fraction of sp³-hybridized carbons (Fsp3) is 0.214. The molecule has 0 radical (unpaired) electrons. The molecule has 2 aromatic rings. The van der Waals surface area contributed by atoms with E-state index in [-0.39, 0.29) is 11.5 Å². The molecule has 0 bridgehead atoms. The number of hydrogen-bond donors (Lipinski definition) is 1. The van der Waals surface area contributed by atoms with Crippen LogP contribution in [0.2, 0.25) is 0 Å². The quantitative estimate of drug-likeness (QED) is 0.880. The number of carbonyl (C=O) groups excluding carboxylic acids is 1. The summed E-state index contributed by atoms with van der Waals surface area (Å²) < 4.78 is 29.6. The molecule has 0 spiro atoms. The second kappa shape index (κ2) is 6.50. The van der Waals surface area contributed by atoms with Gasteiger partial charge in [0, 0.05) is 6.07 Å². The second-order valence-electron chi connectivity index (χ2n) is 4.80. The Morgan fingerprint density at radius 2 is 2.17 bits per heavy atom. The van der Waals surface area contributed by atoms with Crippen molar-refractivity contribution in [2.75, 3.05) is 22.4 Å². The van der Waals surface area contributed by atoms with Gasteiger partial charge in [0.25, 0.3) is 0 Å². The molecule has 120 valence electrons. The third-order valence-corrected chi connectivity index (χ3v) is 3.99. The normalized spacial score (nSPS) is 10.8. The summed E-state index contributed by atoms with van der Waals surface area (Å²) in [4.78, 5) is 12.0. The summed E-state index contributed by atoms with van der Waals surface area (Å²) in [5.41, 5.74) is 0.529. The molecule has 1 amide bonds. The van der Waals surface area contributed by atoms with Gasteiger partial charge in [0.05, 0.1) is 23.6 Å². The van der Waals surface area contributed by atoms with Gasteiger partial charge in [0.1, 0.15) is 12.3 Å². The predicted molar refractivity (Wildman–Crippen MR) is 83.2 cm³/mol. The van der Waals surface area contributed by atoms with E-state index in [2.05, 4.69) is 10.5 Å². The number of nitrogens with one attached hydrogen (secondary N) is 1. The maximum atomic E-state index is 12.0. The van der Waals surface area contributed by atoms with E-state index in [0.29, 0.717) is 11.3 Å². The fourth-order valence-corrected chi connectivity index (χ4v) is 2.72. The van der Waals surface area contributed by atoms with Gasteiger partial charge in [0.15, 0.2) is 5.82 Å². The number of aromatic nitrogens is 1. The van der Waals surface area contributed by atoms with Gasteiger partial charge in [-0.3, -0.25) is 9.10 Å². The van der Waals surface area contributed by atoms with E-state index in [1.807, 2.05) is 6.07 Å². The highest BCUT2D eigenvalue weighted by Crippen LogP contribution is 2.19. The average molecular weight is 334 g/mol. The van der Waals surface area contributed by atoms with Crippen molar-refractivity contribution in [1.82, 2.24) is 5.16 Å². The standard InChI is InChI=1S/C14H14N4O4S/c1-10-6-13(17-22-10)16-14(19)9-18(23(2,20)21)12-5-3-4-11(7-12)8-15/h3-7H,9H2,1-2H3,(H,16,17,19). The minimum absolute atomic E-state index is 0.201. The Hall–Kier alpha value is -2.86. The number of aryl methyl sites for hydroxylation is 1. The summed E-state index contributed by atoms with van der Waals surface area (Å²) in [7, 11) is -3.71. The van der Waals surface area contributed by atoms with E-state index in [1.54, 1.807) is 19.1 Å². The molecular formula is C14H14N4O4S. The summed E-state index contributed by atoms with van der Waals surface area (Å²) in [6.45, 7) is 1.22. The van der Waals surface area contributed by atoms with Crippen molar-refractivity contribution in [2.24, 2.45) is 0 Å². The molecule has 1 aromatic heterocycles. The van der Waals surface area contributed by atoms with Gasteiger partial charge < -0.3 is 9.84 Å². The van der Waals surface area contributed by atoms with Crippen LogP contribution in [-0.2, 0) is 14.8 Å². The van der Waals surface area contributed by atoms with Crippen LogP contribution in [0.25, 0.3) is 0 Å². The maximum Gasteiger partial charge on any atom is 0.246 e. The van der Waals surface area contributed by atoms with E-state index in [9.17, 15) is 13.2 Å². The minimum Gasteiger partial charge on any atom is -0.360 e. The highest BCUT2D eigenvalue weighted by Gasteiger charge is 2.21. The molecule has 23 heavy (non-hydrogen) atoms. The Morgan fingerprint density at radius 1 is 1.43 bits per heavy atom. The molecule has 0 saturated heterocycles. The van der Waals surface area contributed by atoms with Crippen molar-refractivity contribution in [3.8, 4) is 6.07 Å². The third kappa shape index (κ3) is 4.31. The molecule has 0 fully saturated rings. The van der Waals surface area contributed by atoms with Crippen LogP contribution in [-0.4, -0.2) is 32.3 Å². The molecule has 0 aliphatic heterocycles. The van der Waals surface area contributed by atoms with Gasteiger partial charge in [-0.25, -0.2) is 8.42 Å². The van der Waals surface area contributed by atoms with E-state index < -0.39 is 22.5 Å². The smallest absolute Gasteiger partial charge is 0.246 e. The first-order valence-corrected chi connectivity index (χ1v) is 8.35. The van der Waals surface area contributed by atoms with Crippen molar-refractivity contribution in [3.05, 3.63) is 41.7 Å². The molecule has 1 heterocycles. The van der Waals surface area contributed by atoms with Crippen molar-refractivity contribution >= 4 is 27.4 Å². The molecule has 0 unspecified atom stereocenters. The molecule has 0 aliphatic carbocycles. The summed E-state index contributed by atoms with van der Waals surface area (Å²) >= 11 is 0. The van der Waals surface area contributed by atoms with Crippen molar-refractivity contribution < 1.29 is 17.7 Å². The SMILES string of the molecule is Cc1cc(NC(=O)CN(c2cccc(C#N)c2)S(C)(=O)=O)no1. The largest absolute Gasteiger partial charge is 0.360 e. The first kappa shape index (κ1) is 16.5. The Kier molecular flexibility index (Phi) is 4.66. The average Bonchev–Trinajstić information content (AvgIpc) is 2.88. The van der Waals surface area contributed by atoms with Crippen LogP contribution >= 0.6 is 0 Å². The van der Waals surface area contributed by atoms with Crippen LogP contribution in [0.1, 0.15) is 11.3 Å². The minimum atomic E-state index is -3.71. The fourth-order valence-electron chi connectivity index (χ4n) is 1.87. The zero-order valence-corrected chi connectivity index (χ0v) is 13.3. The number of hydrogen-bond acceptors (Lipinski definition) is 6. The number of nitrogens with zero attached hydrogens (tertiary/aromatic N) is 3. The Bertz CT molecular complexity index is 867. The van der Waals surface area contributed by atoms with Gasteiger partial charge in [-0.2, -0.15) is 5.26 Å².